The number of carboxylic acids is 1. The molecule has 2 aliphatic rings. The minimum Gasteiger partial charge on any atom is -0.480 e. The Morgan fingerprint density at radius 1 is 1.30 bits per heavy atom. The second-order valence-corrected chi connectivity index (χ2v) is 5.87. The van der Waals surface area contributed by atoms with Crippen LogP contribution < -0.4 is 5.56 Å². The first-order valence-electron chi connectivity index (χ1n) is 7.29. The van der Waals surface area contributed by atoms with Crippen LogP contribution in [0.5, 0.6) is 0 Å². The predicted molar refractivity (Wildman–Crippen MR) is 74.5 cm³/mol. The summed E-state index contributed by atoms with van der Waals surface area (Å²) in [5.41, 5.74) is -0.0289. The number of carboxylic acid groups (broad SMARTS) is 1. The lowest BCUT2D eigenvalue weighted by atomic mass is 9.94. The smallest absolute Gasteiger partial charge is 0.321 e. The molecule has 0 bridgehead atoms. The van der Waals surface area contributed by atoms with Gasteiger partial charge in [0.2, 0.25) is 0 Å². The normalized spacial score (nSPS) is 29.5. The zero-order chi connectivity index (χ0) is 14.1. The third-order valence-electron chi connectivity index (χ3n) is 4.77. The molecule has 3 unspecified atom stereocenters. The van der Waals surface area contributed by atoms with E-state index in [-0.39, 0.29) is 11.6 Å². The molecule has 1 N–H and O–H groups in total. The van der Waals surface area contributed by atoms with E-state index in [2.05, 4.69) is 4.90 Å². The van der Waals surface area contributed by atoms with Crippen LogP contribution in [-0.4, -0.2) is 39.7 Å². The van der Waals surface area contributed by atoms with Crippen molar-refractivity contribution in [3.63, 3.8) is 0 Å². The number of nitrogens with zero attached hydrogens (tertiary/aromatic N) is 2. The van der Waals surface area contributed by atoms with Crippen molar-refractivity contribution >= 4 is 5.97 Å². The fourth-order valence-corrected chi connectivity index (χ4v) is 3.84. The van der Waals surface area contributed by atoms with Gasteiger partial charge < -0.3 is 9.67 Å². The van der Waals surface area contributed by atoms with E-state index in [4.69, 9.17) is 0 Å². The van der Waals surface area contributed by atoms with E-state index in [9.17, 15) is 14.7 Å². The highest BCUT2D eigenvalue weighted by molar-refractivity contribution is 5.74. The highest BCUT2D eigenvalue weighted by atomic mass is 16.4. The Morgan fingerprint density at radius 3 is 2.90 bits per heavy atom. The molecule has 2 heterocycles. The Labute approximate surface area is 117 Å². The number of aliphatic carboxylic acids is 1. The van der Waals surface area contributed by atoms with Gasteiger partial charge in [0.25, 0.3) is 5.56 Å². The number of hydrogen-bond acceptors (Lipinski definition) is 3. The van der Waals surface area contributed by atoms with E-state index in [0.29, 0.717) is 24.9 Å². The summed E-state index contributed by atoms with van der Waals surface area (Å²) in [6, 6.07) is 4.73. The summed E-state index contributed by atoms with van der Waals surface area (Å²) in [5.74, 6) is 0.128. The van der Waals surface area contributed by atoms with Gasteiger partial charge in [0.15, 0.2) is 0 Å². The number of carbonyl (C=O) groups is 1. The number of rotatable bonds is 4. The largest absolute Gasteiger partial charge is 0.480 e. The summed E-state index contributed by atoms with van der Waals surface area (Å²) in [6.07, 6.45) is 5.10. The Kier molecular flexibility index (Phi) is 3.61. The maximum atomic E-state index is 11.7. The summed E-state index contributed by atoms with van der Waals surface area (Å²) < 4.78 is 1.65. The molecule has 5 heteroatoms. The van der Waals surface area contributed by atoms with Crippen LogP contribution in [0.4, 0.5) is 0 Å². The molecule has 0 aromatic carbocycles. The first-order valence-corrected chi connectivity index (χ1v) is 7.29. The standard InChI is InChI=1S/C15H20N2O3/c18-13-6-1-2-7-16(13)8-9-17-10-11-4-3-5-12(11)14(17)15(19)20/h1-2,6-7,11-12,14H,3-5,8-10H2,(H,19,20). The molecule has 3 atom stereocenters. The zero-order valence-corrected chi connectivity index (χ0v) is 11.4. The van der Waals surface area contributed by atoms with E-state index in [1.54, 1.807) is 16.8 Å². The molecule has 1 saturated heterocycles. The van der Waals surface area contributed by atoms with E-state index < -0.39 is 5.97 Å². The summed E-state index contributed by atoms with van der Waals surface area (Å²) in [5, 5.41) is 9.47. The van der Waals surface area contributed by atoms with Crippen molar-refractivity contribution in [1.82, 2.24) is 9.47 Å². The Balaban J connectivity index is 1.69. The maximum absolute atomic E-state index is 11.7. The molecule has 0 amide bonds. The number of aromatic nitrogens is 1. The van der Waals surface area contributed by atoms with Gasteiger partial charge in [-0.2, -0.15) is 0 Å². The Morgan fingerprint density at radius 2 is 2.15 bits per heavy atom. The van der Waals surface area contributed by atoms with Crippen LogP contribution in [0.15, 0.2) is 29.2 Å². The van der Waals surface area contributed by atoms with Gasteiger partial charge >= 0.3 is 5.97 Å². The highest BCUT2D eigenvalue weighted by Gasteiger charge is 2.47. The van der Waals surface area contributed by atoms with E-state index >= 15 is 0 Å². The minimum absolute atomic E-state index is 0.0289. The Bertz CT molecular complexity index is 554. The molecule has 0 spiro atoms. The van der Waals surface area contributed by atoms with Crippen LogP contribution in [0.3, 0.4) is 0 Å². The van der Waals surface area contributed by atoms with E-state index in [1.807, 2.05) is 6.07 Å². The fraction of sp³-hybridized carbons (Fsp3) is 0.600. The van der Waals surface area contributed by atoms with Crippen molar-refractivity contribution < 1.29 is 9.90 Å². The first kappa shape index (κ1) is 13.4. The van der Waals surface area contributed by atoms with Crippen LogP contribution >= 0.6 is 0 Å². The van der Waals surface area contributed by atoms with Crippen molar-refractivity contribution in [3.05, 3.63) is 34.7 Å². The lowest BCUT2D eigenvalue weighted by Gasteiger charge is -2.24. The summed E-state index contributed by atoms with van der Waals surface area (Å²) in [4.78, 5) is 25.2. The van der Waals surface area contributed by atoms with Crippen LogP contribution in [0.25, 0.3) is 0 Å². The van der Waals surface area contributed by atoms with E-state index in [0.717, 1.165) is 25.8 Å². The molecule has 2 fully saturated rings. The number of pyridine rings is 1. The summed E-state index contributed by atoms with van der Waals surface area (Å²) >= 11 is 0. The average Bonchev–Trinajstić information content (AvgIpc) is 2.97. The molecule has 5 nitrogen and oxygen atoms in total. The molecule has 1 aromatic rings. The second-order valence-electron chi connectivity index (χ2n) is 5.87. The van der Waals surface area contributed by atoms with Gasteiger partial charge in [0.1, 0.15) is 6.04 Å². The lowest BCUT2D eigenvalue weighted by Crippen LogP contribution is -2.41. The van der Waals surface area contributed by atoms with Crippen molar-refractivity contribution in [2.24, 2.45) is 11.8 Å². The van der Waals surface area contributed by atoms with Gasteiger partial charge in [-0.1, -0.05) is 12.5 Å². The van der Waals surface area contributed by atoms with E-state index in [1.165, 1.54) is 6.07 Å². The Hall–Kier alpha value is -1.62. The average molecular weight is 276 g/mol. The quantitative estimate of drug-likeness (QED) is 0.892. The number of likely N-dealkylation sites (tertiary alicyclic amines) is 1. The zero-order valence-electron chi connectivity index (χ0n) is 11.4. The third-order valence-corrected chi connectivity index (χ3v) is 4.77. The van der Waals surface area contributed by atoms with Gasteiger partial charge in [0.05, 0.1) is 0 Å². The van der Waals surface area contributed by atoms with Crippen LogP contribution in [0, 0.1) is 11.8 Å². The highest BCUT2D eigenvalue weighted by Crippen LogP contribution is 2.42. The van der Waals surface area contributed by atoms with Crippen LogP contribution in [0.2, 0.25) is 0 Å². The SMILES string of the molecule is O=C(O)C1C2CCCC2CN1CCn1ccccc1=O. The molecule has 20 heavy (non-hydrogen) atoms. The topological polar surface area (TPSA) is 62.5 Å². The molecule has 1 aliphatic heterocycles. The molecular formula is C15H20N2O3. The van der Waals surface area contributed by atoms with Gasteiger partial charge in [-0.15, -0.1) is 0 Å². The molecule has 1 aliphatic carbocycles. The fourth-order valence-electron chi connectivity index (χ4n) is 3.84. The van der Waals surface area contributed by atoms with Crippen molar-refractivity contribution in [3.8, 4) is 0 Å². The molecule has 108 valence electrons. The monoisotopic (exact) mass is 276 g/mol. The molecule has 0 radical (unpaired) electrons. The van der Waals surface area contributed by atoms with Crippen molar-refractivity contribution in [2.75, 3.05) is 13.1 Å². The first-order chi connectivity index (χ1) is 9.66. The van der Waals surface area contributed by atoms with Gasteiger partial charge in [-0.3, -0.25) is 14.5 Å². The lowest BCUT2D eigenvalue weighted by molar-refractivity contribution is -0.143. The van der Waals surface area contributed by atoms with Crippen LogP contribution in [0.1, 0.15) is 19.3 Å². The van der Waals surface area contributed by atoms with Gasteiger partial charge in [-0.25, -0.2) is 0 Å². The van der Waals surface area contributed by atoms with Crippen LogP contribution in [-0.2, 0) is 11.3 Å². The summed E-state index contributed by atoms with van der Waals surface area (Å²) in [6.45, 7) is 2.06. The maximum Gasteiger partial charge on any atom is 0.321 e. The van der Waals surface area contributed by atoms with Gasteiger partial charge in [0, 0.05) is 31.9 Å². The number of hydrogen-bond donors (Lipinski definition) is 1. The predicted octanol–water partition coefficient (Wildman–Crippen LogP) is 1.03. The minimum atomic E-state index is -0.709. The number of fused-ring (bicyclic) bond motifs is 1. The third kappa shape index (κ3) is 2.38. The van der Waals surface area contributed by atoms with Gasteiger partial charge in [-0.05, 0) is 30.7 Å². The summed E-state index contributed by atoms with van der Waals surface area (Å²) in [7, 11) is 0. The molecule has 1 saturated carbocycles. The molecule has 3 rings (SSSR count). The molecule has 1 aromatic heterocycles. The second kappa shape index (κ2) is 5.40. The van der Waals surface area contributed by atoms with Crippen molar-refractivity contribution in [1.29, 1.82) is 0 Å². The molecular weight excluding hydrogens is 256 g/mol. The van der Waals surface area contributed by atoms with Crippen molar-refractivity contribution in [2.45, 2.75) is 31.8 Å².